The summed E-state index contributed by atoms with van der Waals surface area (Å²) in [5.41, 5.74) is 2.53. The van der Waals surface area contributed by atoms with Gasteiger partial charge in [0.15, 0.2) is 0 Å². The van der Waals surface area contributed by atoms with Crippen molar-refractivity contribution in [2.45, 2.75) is 13.3 Å². The molecular formula is C24H25N7O2S. The number of hydrogen-bond donors (Lipinski definition) is 1. The van der Waals surface area contributed by atoms with Crippen LogP contribution in [0.3, 0.4) is 0 Å². The minimum atomic E-state index is -0.148. The number of benzene rings is 1. The third-order valence-electron chi connectivity index (χ3n) is 5.95. The number of anilines is 2. The zero-order valence-corrected chi connectivity index (χ0v) is 19.9. The highest BCUT2D eigenvalue weighted by Gasteiger charge is 2.22. The van der Waals surface area contributed by atoms with E-state index in [1.165, 1.54) is 11.3 Å². The molecule has 0 bridgehead atoms. The predicted molar refractivity (Wildman–Crippen MR) is 132 cm³/mol. The molecule has 10 heteroatoms. The van der Waals surface area contributed by atoms with Gasteiger partial charge in [0.05, 0.1) is 17.0 Å². The van der Waals surface area contributed by atoms with E-state index in [-0.39, 0.29) is 11.8 Å². The fraction of sp³-hybridized carbons (Fsp3) is 0.292. The highest BCUT2D eigenvalue weighted by Crippen LogP contribution is 2.28. The lowest BCUT2D eigenvalue weighted by Crippen LogP contribution is -2.49. The normalized spacial score (nSPS) is 13.9. The van der Waals surface area contributed by atoms with Gasteiger partial charge in [-0.25, -0.2) is 9.97 Å². The Hall–Kier alpha value is -3.79. The van der Waals surface area contributed by atoms with Crippen molar-refractivity contribution in [1.29, 1.82) is 0 Å². The van der Waals surface area contributed by atoms with Gasteiger partial charge in [-0.15, -0.1) is 11.3 Å². The van der Waals surface area contributed by atoms with E-state index >= 15 is 0 Å². The molecule has 34 heavy (non-hydrogen) atoms. The van der Waals surface area contributed by atoms with Crippen molar-refractivity contribution in [3.63, 3.8) is 0 Å². The Morgan fingerprint density at radius 1 is 1.06 bits per heavy atom. The molecule has 0 saturated carbocycles. The summed E-state index contributed by atoms with van der Waals surface area (Å²) in [6.45, 7) is 4.67. The number of nitrogens with zero attached hydrogens (tertiary/aromatic N) is 6. The number of thiophene rings is 1. The van der Waals surface area contributed by atoms with Gasteiger partial charge in [-0.05, 0) is 36.8 Å². The van der Waals surface area contributed by atoms with Gasteiger partial charge in [0.2, 0.25) is 11.9 Å². The van der Waals surface area contributed by atoms with E-state index in [4.69, 9.17) is 0 Å². The summed E-state index contributed by atoms with van der Waals surface area (Å²) in [6.07, 6.45) is 3.79. The summed E-state index contributed by atoms with van der Waals surface area (Å²) in [5.74, 6) is 0.652. The zero-order valence-electron chi connectivity index (χ0n) is 19.1. The van der Waals surface area contributed by atoms with Crippen LogP contribution >= 0.6 is 11.3 Å². The number of hydrogen-bond acceptors (Lipinski definition) is 7. The number of amides is 2. The molecule has 4 aromatic rings. The first kappa shape index (κ1) is 22.0. The van der Waals surface area contributed by atoms with Gasteiger partial charge in [-0.2, -0.15) is 5.10 Å². The third kappa shape index (κ3) is 4.49. The SMILES string of the molecule is Cc1nn(C)c2sc(C(=O)Nc3ccc(CC(=O)N4CCN(c5ncccn5)CC4)cc3)cc12. The van der Waals surface area contributed by atoms with Crippen molar-refractivity contribution in [2.24, 2.45) is 7.05 Å². The highest BCUT2D eigenvalue weighted by atomic mass is 32.1. The van der Waals surface area contributed by atoms with E-state index in [1.54, 1.807) is 23.1 Å². The van der Waals surface area contributed by atoms with E-state index in [1.807, 2.05) is 49.2 Å². The monoisotopic (exact) mass is 475 g/mol. The van der Waals surface area contributed by atoms with Gasteiger partial charge in [-0.3, -0.25) is 14.3 Å². The van der Waals surface area contributed by atoms with E-state index in [0.717, 1.165) is 21.5 Å². The molecule has 1 saturated heterocycles. The number of carbonyl (C=O) groups is 2. The van der Waals surface area contributed by atoms with Gasteiger partial charge in [0.1, 0.15) is 4.83 Å². The van der Waals surface area contributed by atoms with E-state index in [9.17, 15) is 9.59 Å². The molecule has 0 spiro atoms. The second kappa shape index (κ2) is 9.22. The number of piperazine rings is 1. The largest absolute Gasteiger partial charge is 0.339 e. The van der Waals surface area contributed by atoms with E-state index < -0.39 is 0 Å². The predicted octanol–water partition coefficient (Wildman–Crippen LogP) is 2.88. The van der Waals surface area contributed by atoms with Crippen LogP contribution in [0.2, 0.25) is 0 Å². The summed E-state index contributed by atoms with van der Waals surface area (Å²) in [4.78, 5) is 39.6. The summed E-state index contributed by atoms with van der Waals surface area (Å²) in [6, 6.07) is 11.1. The lowest BCUT2D eigenvalue weighted by atomic mass is 10.1. The van der Waals surface area contributed by atoms with Crippen LogP contribution in [-0.2, 0) is 18.3 Å². The molecule has 1 aliphatic rings. The second-order valence-corrected chi connectivity index (χ2v) is 9.31. The van der Waals surface area contributed by atoms with Gasteiger partial charge in [0, 0.05) is 56.7 Å². The molecular weight excluding hydrogens is 450 g/mol. The average molecular weight is 476 g/mol. The number of nitrogens with one attached hydrogen (secondary N) is 1. The van der Waals surface area contributed by atoms with Crippen molar-refractivity contribution >= 4 is 45.0 Å². The molecule has 9 nitrogen and oxygen atoms in total. The number of aromatic nitrogens is 4. The van der Waals surface area contributed by atoms with Gasteiger partial charge >= 0.3 is 0 Å². The van der Waals surface area contributed by atoms with Crippen LogP contribution in [0.4, 0.5) is 11.6 Å². The van der Waals surface area contributed by atoms with Crippen LogP contribution in [0, 0.1) is 6.92 Å². The summed E-state index contributed by atoms with van der Waals surface area (Å²) < 4.78 is 1.80. The van der Waals surface area contributed by atoms with Gasteiger partial charge < -0.3 is 15.1 Å². The molecule has 0 atom stereocenters. The Morgan fingerprint density at radius 3 is 2.44 bits per heavy atom. The Balaban J connectivity index is 1.15. The van der Waals surface area contributed by atoms with Crippen molar-refractivity contribution in [3.8, 4) is 0 Å². The van der Waals surface area contributed by atoms with Crippen molar-refractivity contribution in [2.75, 3.05) is 36.4 Å². The van der Waals surface area contributed by atoms with Crippen LogP contribution in [-0.4, -0.2) is 62.6 Å². The molecule has 0 radical (unpaired) electrons. The molecule has 0 unspecified atom stereocenters. The lowest BCUT2D eigenvalue weighted by Gasteiger charge is -2.34. The summed E-state index contributed by atoms with van der Waals surface area (Å²) in [5, 5.41) is 8.32. The zero-order chi connectivity index (χ0) is 23.7. The van der Waals surface area contributed by atoms with Crippen molar-refractivity contribution in [1.82, 2.24) is 24.6 Å². The standard InChI is InChI=1S/C24H25N7O2S/c1-16-19-15-20(34-23(19)29(2)28-16)22(33)27-18-6-4-17(5-7-18)14-21(32)30-10-12-31(13-11-30)24-25-8-3-9-26-24/h3-9,15H,10-14H2,1-2H3,(H,27,33). The number of carbonyl (C=O) groups excluding carboxylic acids is 2. The molecule has 174 valence electrons. The summed E-state index contributed by atoms with van der Waals surface area (Å²) >= 11 is 1.43. The van der Waals surface area contributed by atoms with Crippen molar-refractivity contribution in [3.05, 3.63) is 64.9 Å². The maximum absolute atomic E-state index is 12.8. The van der Waals surface area contributed by atoms with Crippen LogP contribution in [0.15, 0.2) is 48.8 Å². The fourth-order valence-corrected chi connectivity index (χ4v) is 5.13. The Kier molecular flexibility index (Phi) is 5.97. The molecule has 4 heterocycles. The first-order valence-corrected chi connectivity index (χ1v) is 11.9. The topological polar surface area (TPSA) is 96.2 Å². The average Bonchev–Trinajstić information content (AvgIpc) is 3.42. The molecule has 1 aromatic carbocycles. The maximum atomic E-state index is 12.8. The van der Waals surface area contributed by atoms with E-state index in [2.05, 4.69) is 25.3 Å². The van der Waals surface area contributed by atoms with Crippen molar-refractivity contribution < 1.29 is 9.59 Å². The van der Waals surface area contributed by atoms with Crippen LogP contribution in [0.25, 0.3) is 10.2 Å². The van der Waals surface area contributed by atoms with Crippen LogP contribution in [0.5, 0.6) is 0 Å². The molecule has 1 fully saturated rings. The minimum Gasteiger partial charge on any atom is -0.339 e. The molecule has 1 N–H and O–H groups in total. The van der Waals surface area contributed by atoms with Gasteiger partial charge in [-0.1, -0.05) is 12.1 Å². The summed E-state index contributed by atoms with van der Waals surface area (Å²) in [7, 11) is 1.88. The lowest BCUT2D eigenvalue weighted by molar-refractivity contribution is -0.130. The number of fused-ring (bicyclic) bond motifs is 1. The fourth-order valence-electron chi connectivity index (χ4n) is 4.11. The smallest absolute Gasteiger partial charge is 0.265 e. The Bertz CT molecular complexity index is 1290. The Morgan fingerprint density at radius 2 is 1.76 bits per heavy atom. The number of rotatable bonds is 5. The highest BCUT2D eigenvalue weighted by molar-refractivity contribution is 7.20. The minimum absolute atomic E-state index is 0.0969. The quantitative estimate of drug-likeness (QED) is 0.477. The first-order chi connectivity index (χ1) is 16.5. The van der Waals surface area contributed by atoms with Crippen LogP contribution < -0.4 is 10.2 Å². The second-order valence-electron chi connectivity index (χ2n) is 8.28. The van der Waals surface area contributed by atoms with E-state index in [0.29, 0.717) is 49.1 Å². The third-order valence-corrected chi connectivity index (χ3v) is 7.16. The molecule has 5 rings (SSSR count). The Labute approximate surface area is 201 Å². The maximum Gasteiger partial charge on any atom is 0.265 e. The number of aryl methyl sites for hydroxylation is 2. The molecule has 0 aliphatic carbocycles. The molecule has 1 aliphatic heterocycles. The molecule has 2 amide bonds. The molecule has 3 aromatic heterocycles. The van der Waals surface area contributed by atoms with Crippen LogP contribution in [0.1, 0.15) is 20.9 Å². The first-order valence-electron chi connectivity index (χ1n) is 11.1. The van der Waals surface area contributed by atoms with Gasteiger partial charge in [0.25, 0.3) is 5.91 Å².